The zero-order chi connectivity index (χ0) is 18.8. The van der Waals surface area contributed by atoms with E-state index >= 15 is 0 Å². The van der Waals surface area contributed by atoms with Crippen LogP contribution in [0, 0.1) is 6.92 Å². The number of benzene rings is 2. The fraction of sp³-hybridized carbons (Fsp3) is 0.111. The van der Waals surface area contributed by atoms with Gasteiger partial charge in [-0.3, -0.25) is 5.32 Å². The molecule has 0 bridgehead atoms. The summed E-state index contributed by atoms with van der Waals surface area (Å²) in [5.74, 6) is 1.09. The normalized spacial score (nSPS) is 10.9. The molecule has 9 heteroatoms. The second-order valence-corrected chi connectivity index (χ2v) is 6.86. The van der Waals surface area contributed by atoms with Gasteiger partial charge in [0.2, 0.25) is 5.95 Å². The highest BCUT2D eigenvalue weighted by Gasteiger charge is 2.08. The van der Waals surface area contributed by atoms with E-state index in [4.69, 9.17) is 0 Å². The summed E-state index contributed by atoms with van der Waals surface area (Å²) in [7, 11) is 1.31. The number of hydrogen-bond donors (Lipinski definition) is 2. The minimum Gasteiger partial charge on any atom is -0.453 e. The van der Waals surface area contributed by atoms with E-state index in [0.717, 1.165) is 32.3 Å². The summed E-state index contributed by atoms with van der Waals surface area (Å²) in [4.78, 5) is 25.0. The molecule has 0 fully saturated rings. The van der Waals surface area contributed by atoms with Crippen LogP contribution >= 0.6 is 11.8 Å². The first-order chi connectivity index (χ1) is 13.1. The lowest BCUT2D eigenvalue weighted by atomic mass is 10.3. The van der Waals surface area contributed by atoms with Gasteiger partial charge >= 0.3 is 6.09 Å². The monoisotopic (exact) mass is 380 g/mol. The van der Waals surface area contributed by atoms with E-state index in [9.17, 15) is 4.79 Å². The lowest BCUT2D eigenvalue weighted by Gasteiger charge is -2.04. The lowest BCUT2D eigenvalue weighted by molar-refractivity contribution is 0.186. The van der Waals surface area contributed by atoms with Gasteiger partial charge in [-0.15, -0.1) is 0 Å². The lowest BCUT2D eigenvalue weighted by Crippen LogP contribution is -2.11. The number of methoxy groups -OCH3 is 1. The molecule has 0 radical (unpaired) electrons. The molecule has 0 unspecified atom stereocenters. The van der Waals surface area contributed by atoms with Crippen LogP contribution in [-0.4, -0.2) is 37.9 Å². The van der Waals surface area contributed by atoms with E-state index in [1.165, 1.54) is 7.11 Å². The van der Waals surface area contributed by atoms with Gasteiger partial charge < -0.3 is 9.72 Å². The van der Waals surface area contributed by atoms with E-state index < -0.39 is 6.09 Å². The van der Waals surface area contributed by atoms with Crippen LogP contribution in [-0.2, 0) is 4.74 Å². The molecular weight excluding hydrogens is 364 g/mol. The standard InChI is InChI=1S/C18H16N6O2S/c1-11-19-10-24(23-11)12-3-5-13(6-4-12)27-14-7-8-15-16(9-14)21-17(20-15)22-18(25)26-2/h3-10H,1-2H3,(H2,20,21,22,25). The number of H-pyrrole nitrogens is 1. The summed E-state index contributed by atoms with van der Waals surface area (Å²) < 4.78 is 6.32. The summed E-state index contributed by atoms with van der Waals surface area (Å²) in [6.45, 7) is 1.86. The predicted molar refractivity (Wildman–Crippen MR) is 102 cm³/mol. The van der Waals surface area contributed by atoms with Gasteiger partial charge in [0.15, 0.2) is 0 Å². The van der Waals surface area contributed by atoms with E-state index in [0.29, 0.717) is 5.95 Å². The third-order valence-electron chi connectivity index (χ3n) is 3.80. The number of aryl methyl sites for hydroxylation is 1. The minimum atomic E-state index is -0.564. The number of aromatic nitrogens is 5. The van der Waals surface area contributed by atoms with Crippen molar-refractivity contribution in [2.24, 2.45) is 0 Å². The number of aromatic amines is 1. The number of fused-ring (bicyclic) bond motifs is 1. The van der Waals surface area contributed by atoms with Crippen LogP contribution in [0.25, 0.3) is 16.7 Å². The molecule has 1 amide bonds. The average molecular weight is 380 g/mol. The number of nitrogens with one attached hydrogen (secondary N) is 2. The smallest absolute Gasteiger partial charge is 0.413 e. The van der Waals surface area contributed by atoms with Gasteiger partial charge in [0, 0.05) is 9.79 Å². The third kappa shape index (κ3) is 3.77. The highest BCUT2D eigenvalue weighted by molar-refractivity contribution is 7.99. The molecule has 0 saturated heterocycles. The number of hydrogen-bond acceptors (Lipinski definition) is 6. The fourth-order valence-electron chi connectivity index (χ4n) is 2.53. The second-order valence-electron chi connectivity index (χ2n) is 5.71. The van der Waals surface area contributed by atoms with Gasteiger partial charge in [0.1, 0.15) is 12.2 Å². The minimum absolute atomic E-state index is 0.353. The molecule has 0 spiro atoms. The Kier molecular flexibility index (Phi) is 4.51. The molecule has 4 rings (SSSR count). The van der Waals surface area contributed by atoms with Crippen molar-refractivity contribution in [3.8, 4) is 5.69 Å². The van der Waals surface area contributed by atoms with Gasteiger partial charge in [-0.05, 0) is 49.4 Å². The Labute approximate surface area is 159 Å². The van der Waals surface area contributed by atoms with Crippen LogP contribution < -0.4 is 5.32 Å². The average Bonchev–Trinajstić information content (AvgIpc) is 3.27. The molecule has 2 heterocycles. The number of carbonyl (C=O) groups is 1. The Morgan fingerprint density at radius 3 is 2.67 bits per heavy atom. The van der Waals surface area contributed by atoms with Crippen LogP contribution in [0.4, 0.5) is 10.7 Å². The Bertz CT molecular complexity index is 1100. The molecule has 0 atom stereocenters. The highest BCUT2D eigenvalue weighted by atomic mass is 32.2. The summed E-state index contributed by atoms with van der Waals surface area (Å²) in [5, 5.41) is 6.83. The van der Waals surface area contributed by atoms with Gasteiger partial charge in [-0.25, -0.2) is 19.4 Å². The molecule has 0 aliphatic heterocycles. The number of rotatable bonds is 4. The molecule has 2 aromatic carbocycles. The molecule has 136 valence electrons. The molecule has 0 saturated carbocycles. The van der Waals surface area contributed by atoms with Crippen LogP contribution in [0.3, 0.4) is 0 Å². The highest BCUT2D eigenvalue weighted by Crippen LogP contribution is 2.30. The van der Waals surface area contributed by atoms with Crippen molar-refractivity contribution in [3.63, 3.8) is 0 Å². The summed E-state index contributed by atoms with van der Waals surface area (Å²) in [6, 6.07) is 14.0. The molecule has 2 aromatic heterocycles. The fourth-order valence-corrected chi connectivity index (χ4v) is 3.39. The first-order valence-electron chi connectivity index (χ1n) is 8.12. The van der Waals surface area contributed by atoms with Gasteiger partial charge in [-0.1, -0.05) is 11.8 Å². The van der Waals surface area contributed by atoms with E-state index in [1.54, 1.807) is 22.8 Å². The van der Waals surface area contributed by atoms with Crippen LogP contribution in [0.5, 0.6) is 0 Å². The largest absolute Gasteiger partial charge is 0.453 e. The summed E-state index contributed by atoms with van der Waals surface area (Å²) in [6.07, 6.45) is 1.13. The molecule has 0 aliphatic rings. The third-order valence-corrected chi connectivity index (χ3v) is 4.80. The molecule has 2 N–H and O–H groups in total. The number of imidazole rings is 1. The molecule has 27 heavy (non-hydrogen) atoms. The maximum absolute atomic E-state index is 11.3. The van der Waals surface area contributed by atoms with Crippen molar-refractivity contribution >= 4 is 34.8 Å². The number of ether oxygens (including phenoxy) is 1. The predicted octanol–water partition coefficient (Wildman–Crippen LogP) is 3.78. The number of nitrogens with zero attached hydrogens (tertiary/aromatic N) is 4. The van der Waals surface area contributed by atoms with E-state index in [1.807, 2.05) is 49.4 Å². The molecular formula is C18H16N6O2S. The quantitative estimate of drug-likeness (QED) is 0.559. The zero-order valence-electron chi connectivity index (χ0n) is 14.6. The van der Waals surface area contributed by atoms with Gasteiger partial charge in [-0.2, -0.15) is 5.10 Å². The van der Waals surface area contributed by atoms with Crippen LogP contribution in [0.2, 0.25) is 0 Å². The van der Waals surface area contributed by atoms with Crippen LogP contribution in [0.1, 0.15) is 5.82 Å². The summed E-state index contributed by atoms with van der Waals surface area (Å²) in [5.41, 5.74) is 2.56. The first-order valence-corrected chi connectivity index (χ1v) is 8.94. The van der Waals surface area contributed by atoms with Crippen molar-refractivity contribution in [1.29, 1.82) is 0 Å². The zero-order valence-corrected chi connectivity index (χ0v) is 15.4. The maximum Gasteiger partial charge on any atom is 0.413 e. The Morgan fingerprint density at radius 1 is 1.19 bits per heavy atom. The van der Waals surface area contributed by atoms with Crippen molar-refractivity contribution in [3.05, 3.63) is 54.6 Å². The van der Waals surface area contributed by atoms with Crippen molar-refractivity contribution in [2.75, 3.05) is 12.4 Å². The van der Waals surface area contributed by atoms with Crippen LogP contribution in [0.15, 0.2) is 58.6 Å². The van der Waals surface area contributed by atoms with E-state index in [2.05, 4.69) is 30.1 Å². The first kappa shape index (κ1) is 17.1. The number of amides is 1. The van der Waals surface area contributed by atoms with Crippen molar-refractivity contribution < 1.29 is 9.53 Å². The second kappa shape index (κ2) is 7.12. The molecule has 0 aliphatic carbocycles. The van der Waals surface area contributed by atoms with E-state index in [-0.39, 0.29) is 0 Å². The Morgan fingerprint density at radius 2 is 1.96 bits per heavy atom. The topological polar surface area (TPSA) is 97.7 Å². The Hall–Kier alpha value is -3.33. The maximum atomic E-state index is 11.3. The number of anilines is 1. The van der Waals surface area contributed by atoms with Gasteiger partial charge in [0.05, 0.1) is 23.8 Å². The SMILES string of the molecule is COC(=O)Nc1nc2ccc(Sc3ccc(-n4cnc(C)n4)cc3)cc2[nH]1. The van der Waals surface area contributed by atoms with Crippen molar-refractivity contribution in [1.82, 2.24) is 24.7 Å². The summed E-state index contributed by atoms with van der Waals surface area (Å²) >= 11 is 1.63. The van der Waals surface area contributed by atoms with Gasteiger partial charge in [0.25, 0.3) is 0 Å². The molecule has 8 nitrogen and oxygen atoms in total. The van der Waals surface area contributed by atoms with Crippen molar-refractivity contribution in [2.45, 2.75) is 16.7 Å². The Balaban J connectivity index is 1.51. The molecule has 4 aromatic rings. The number of carbonyl (C=O) groups excluding carboxylic acids is 1.